The summed E-state index contributed by atoms with van der Waals surface area (Å²) in [7, 11) is 0. The second-order valence-electron chi connectivity index (χ2n) is 6.44. The number of carbonyl (C=O) groups excluding carboxylic acids is 2. The quantitative estimate of drug-likeness (QED) is 0.434. The van der Waals surface area contributed by atoms with Gasteiger partial charge < -0.3 is 5.32 Å². The van der Waals surface area contributed by atoms with Gasteiger partial charge in [-0.15, -0.1) is 0 Å². The van der Waals surface area contributed by atoms with Crippen molar-refractivity contribution in [1.82, 2.24) is 10.7 Å². The summed E-state index contributed by atoms with van der Waals surface area (Å²) in [6, 6.07) is 21.6. The van der Waals surface area contributed by atoms with Crippen LogP contribution in [0.4, 0.5) is 4.39 Å². The van der Waals surface area contributed by atoms with Gasteiger partial charge in [0, 0.05) is 11.1 Å². The maximum atomic E-state index is 13.8. The highest BCUT2D eigenvalue weighted by Gasteiger charge is 2.19. The van der Waals surface area contributed by atoms with Crippen LogP contribution in [0, 0.1) is 5.82 Å². The lowest BCUT2D eigenvalue weighted by molar-refractivity contribution is -0.121. The first-order valence-electron chi connectivity index (χ1n) is 9.21. The molecule has 0 bridgehead atoms. The van der Waals surface area contributed by atoms with Crippen LogP contribution in [0.2, 0.25) is 5.02 Å². The molecule has 0 radical (unpaired) electrons. The first kappa shape index (κ1) is 21.2. The van der Waals surface area contributed by atoms with Crippen molar-refractivity contribution in [3.8, 4) is 0 Å². The third-order valence-corrected chi connectivity index (χ3v) is 4.64. The maximum absolute atomic E-state index is 13.8. The molecule has 0 saturated carbocycles. The first-order valence-corrected chi connectivity index (χ1v) is 9.59. The Morgan fingerprint density at radius 1 is 0.967 bits per heavy atom. The molecule has 0 unspecified atom stereocenters. The highest BCUT2D eigenvalue weighted by Crippen LogP contribution is 2.18. The number of hydrazone groups is 1. The fourth-order valence-corrected chi connectivity index (χ4v) is 3.01. The van der Waals surface area contributed by atoms with Crippen LogP contribution in [0.1, 0.15) is 33.9 Å². The number of halogens is 2. The molecular formula is C23H19ClFN3O2. The lowest BCUT2D eigenvalue weighted by Crippen LogP contribution is -2.32. The standard InChI is InChI=1S/C23H19ClFN3O2/c24-19-12-7-13-20(25)18(19)15-26-28-22(29)14-21(16-8-3-1-4-9-16)27-23(30)17-10-5-2-6-11-17/h1-13,15,21H,14H2,(H,27,30)(H,28,29)/b26-15-/t21-/m0/s1. The summed E-state index contributed by atoms with van der Waals surface area (Å²) in [4.78, 5) is 25.0. The van der Waals surface area contributed by atoms with Gasteiger partial charge in [-0.05, 0) is 29.8 Å². The van der Waals surface area contributed by atoms with E-state index in [1.54, 1.807) is 24.3 Å². The molecule has 7 heteroatoms. The van der Waals surface area contributed by atoms with Crippen molar-refractivity contribution >= 4 is 29.6 Å². The van der Waals surface area contributed by atoms with E-state index in [2.05, 4.69) is 15.8 Å². The lowest BCUT2D eigenvalue weighted by atomic mass is 10.0. The van der Waals surface area contributed by atoms with Crippen molar-refractivity contribution in [3.63, 3.8) is 0 Å². The zero-order chi connectivity index (χ0) is 21.3. The average Bonchev–Trinajstić information content (AvgIpc) is 2.76. The minimum atomic E-state index is -0.564. The number of benzene rings is 3. The lowest BCUT2D eigenvalue weighted by Gasteiger charge is -2.18. The predicted molar refractivity (Wildman–Crippen MR) is 115 cm³/mol. The molecule has 0 spiro atoms. The number of hydrogen-bond donors (Lipinski definition) is 2. The van der Waals surface area contributed by atoms with Gasteiger partial charge in [0.2, 0.25) is 5.91 Å². The molecule has 2 N–H and O–H groups in total. The molecular weight excluding hydrogens is 405 g/mol. The summed E-state index contributed by atoms with van der Waals surface area (Å²) in [5, 5.41) is 6.85. The molecule has 0 heterocycles. The van der Waals surface area contributed by atoms with Crippen LogP contribution in [-0.2, 0) is 4.79 Å². The fraction of sp³-hybridized carbons (Fsp3) is 0.0870. The minimum absolute atomic E-state index is 0.0507. The number of rotatable bonds is 7. The Hall–Kier alpha value is -3.51. The number of carbonyl (C=O) groups is 2. The van der Waals surface area contributed by atoms with Gasteiger partial charge in [0.25, 0.3) is 5.91 Å². The topological polar surface area (TPSA) is 70.6 Å². The Morgan fingerprint density at radius 2 is 1.63 bits per heavy atom. The van der Waals surface area contributed by atoms with Gasteiger partial charge in [0.05, 0.1) is 23.7 Å². The van der Waals surface area contributed by atoms with Gasteiger partial charge in [-0.1, -0.05) is 66.2 Å². The van der Waals surface area contributed by atoms with Crippen LogP contribution >= 0.6 is 11.6 Å². The summed E-state index contributed by atoms with van der Waals surface area (Å²) in [5.74, 6) is -1.28. The predicted octanol–water partition coefficient (Wildman–Crippen LogP) is 4.49. The number of hydrogen-bond acceptors (Lipinski definition) is 3. The van der Waals surface area contributed by atoms with Gasteiger partial charge in [-0.3, -0.25) is 9.59 Å². The van der Waals surface area contributed by atoms with Gasteiger partial charge in [0.1, 0.15) is 5.82 Å². The van der Waals surface area contributed by atoms with Crippen LogP contribution in [0.25, 0.3) is 0 Å². The van der Waals surface area contributed by atoms with Gasteiger partial charge >= 0.3 is 0 Å². The number of amides is 2. The van der Waals surface area contributed by atoms with E-state index in [-0.39, 0.29) is 22.9 Å². The molecule has 0 aliphatic heterocycles. The molecule has 0 aliphatic rings. The van der Waals surface area contributed by atoms with Crippen molar-refractivity contribution < 1.29 is 14.0 Å². The van der Waals surface area contributed by atoms with Crippen LogP contribution in [0.5, 0.6) is 0 Å². The van der Waals surface area contributed by atoms with Crippen molar-refractivity contribution in [2.45, 2.75) is 12.5 Å². The molecule has 0 fully saturated rings. The Labute approximate surface area is 178 Å². The van der Waals surface area contributed by atoms with E-state index in [1.807, 2.05) is 36.4 Å². The van der Waals surface area contributed by atoms with E-state index in [0.717, 1.165) is 11.8 Å². The smallest absolute Gasteiger partial charge is 0.251 e. The Kier molecular flexibility index (Phi) is 7.29. The Balaban J connectivity index is 1.69. The summed E-state index contributed by atoms with van der Waals surface area (Å²) in [5.41, 5.74) is 3.70. The first-order chi connectivity index (χ1) is 14.5. The van der Waals surface area contributed by atoms with Crippen LogP contribution in [0.15, 0.2) is 84.0 Å². The van der Waals surface area contributed by atoms with Crippen LogP contribution < -0.4 is 10.7 Å². The van der Waals surface area contributed by atoms with Crippen molar-refractivity contribution in [3.05, 3.63) is 106 Å². The molecule has 3 aromatic carbocycles. The van der Waals surface area contributed by atoms with E-state index in [0.29, 0.717) is 5.56 Å². The number of nitrogens with one attached hydrogen (secondary N) is 2. The molecule has 152 valence electrons. The third kappa shape index (κ3) is 5.75. The Bertz CT molecular complexity index is 1020. The summed E-state index contributed by atoms with van der Waals surface area (Å²) in [6.45, 7) is 0. The normalized spacial score (nSPS) is 11.8. The average molecular weight is 424 g/mol. The van der Waals surface area contributed by atoms with Crippen molar-refractivity contribution in [2.24, 2.45) is 5.10 Å². The molecule has 0 saturated heterocycles. The highest BCUT2D eigenvalue weighted by molar-refractivity contribution is 6.33. The molecule has 0 aromatic heterocycles. The largest absolute Gasteiger partial charge is 0.345 e. The zero-order valence-electron chi connectivity index (χ0n) is 15.9. The monoisotopic (exact) mass is 423 g/mol. The molecule has 30 heavy (non-hydrogen) atoms. The van der Waals surface area contributed by atoms with Crippen LogP contribution in [-0.4, -0.2) is 18.0 Å². The van der Waals surface area contributed by atoms with E-state index >= 15 is 0 Å². The molecule has 5 nitrogen and oxygen atoms in total. The molecule has 3 rings (SSSR count). The fourth-order valence-electron chi connectivity index (χ4n) is 2.80. The zero-order valence-corrected chi connectivity index (χ0v) is 16.6. The second-order valence-corrected chi connectivity index (χ2v) is 6.84. The molecule has 1 atom stereocenters. The van der Waals surface area contributed by atoms with E-state index < -0.39 is 17.8 Å². The van der Waals surface area contributed by atoms with E-state index in [4.69, 9.17) is 11.6 Å². The van der Waals surface area contributed by atoms with Gasteiger partial charge in [-0.2, -0.15) is 5.10 Å². The maximum Gasteiger partial charge on any atom is 0.251 e. The van der Waals surface area contributed by atoms with Crippen LogP contribution in [0.3, 0.4) is 0 Å². The SMILES string of the molecule is O=C(C[C@H](NC(=O)c1ccccc1)c1ccccc1)N/N=C\c1c(F)cccc1Cl. The minimum Gasteiger partial charge on any atom is -0.345 e. The molecule has 3 aromatic rings. The van der Waals surface area contributed by atoms with Crippen molar-refractivity contribution in [2.75, 3.05) is 0 Å². The van der Waals surface area contributed by atoms with E-state index in [1.165, 1.54) is 18.2 Å². The summed E-state index contributed by atoms with van der Waals surface area (Å²) < 4.78 is 13.8. The highest BCUT2D eigenvalue weighted by atomic mass is 35.5. The third-order valence-electron chi connectivity index (χ3n) is 4.32. The van der Waals surface area contributed by atoms with Gasteiger partial charge in [-0.25, -0.2) is 9.82 Å². The number of nitrogens with zero attached hydrogens (tertiary/aromatic N) is 1. The molecule has 2 amide bonds. The summed E-state index contributed by atoms with van der Waals surface area (Å²) in [6.07, 6.45) is 1.10. The summed E-state index contributed by atoms with van der Waals surface area (Å²) >= 11 is 5.93. The molecule has 0 aliphatic carbocycles. The second kappa shape index (κ2) is 10.3. The van der Waals surface area contributed by atoms with Crippen molar-refractivity contribution in [1.29, 1.82) is 0 Å². The van der Waals surface area contributed by atoms with Gasteiger partial charge in [0.15, 0.2) is 0 Å². The van der Waals surface area contributed by atoms with E-state index in [9.17, 15) is 14.0 Å². The Morgan fingerprint density at radius 3 is 2.30 bits per heavy atom.